The van der Waals surface area contributed by atoms with Crippen LogP contribution < -0.4 is 0 Å². The second-order valence-electron chi connectivity index (χ2n) is 4.16. The van der Waals surface area contributed by atoms with E-state index in [1.807, 2.05) is 0 Å². The number of piperidine rings is 1. The fourth-order valence-corrected chi connectivity index (χ4v) is 2.64. The van der Waals surface area contributed by atoms with Gasteiger partial charge in [0.25, 0.3) is 5.91 Å². The Morgan fingerprint density at radius 1 is 1.50 bits per heavy atom. The van der Waals surface area contributed by atoms with Crippen molar-refractivity contribution in [1.82, 2.24) is 9.88 Å². The smallest absolute Gasteiger partial charge is 0.309 e. The number of amides is 1. The summed E-state index contributed by atoms with van der Waals surface area (Å²) in [7, 11) is 0. The van der Waals surface area contributed by atoms with E-state index in [-0.39, 0.29) is 17.8 Å². The number of rotatable bonds is 3. The Morgan fingerprint density at radius 2 is 2.22 bits per heavy atom. The summed E-state index contributed by atoms with van der Waals surface area (Å²) in [5, 5.41) is 2.31. The SMILES string of the molecule is CCOC(=O)C1CCN(C(=O)c2nccs2)CC1. The molecule has 6 heteroatoms. The molecular formula is C12H16N2O3S. The maximum Gasteiger partial charge on any atom is 0.309 e. The van der Waals surface area contributed by atoms with Gasteiger partial charge in [0.15, 0.2) is 5.01 Å². The zero-order valence-electron chi connectivity index (χ0n) is 10.3. The maximum atomic E-state index is 12.0. The van der Waals surface area contributed by atoms with Crippen molar-refractivity contribution in [1.29, 1.82) is 0 Å². The number of thiazole rings is 1. The minimum atomic E-state index is -0.140. The molecule has 0 saturated carbocycles. The van der Waals surface area contributed by atoms with Gasteiger partial charge in [-0.05, 0) is 19.8 Å². The molecule has 0 spiro atoms. The van der Waals surface area contributed by atoms with E-state index in [1.54, 1.807) is 23.4 Å². The van der Waals surface area contributed by atoms with Crippen LogP contribution in [0, 0.1) is 5.92 Å². The fraction of sp³-hybridized carbons (Fsp3) is 0.583. The highest BCUT2D eigenvalue weighted by atomic mass is 32.1. The third kappa shape index (κ3) is 2.87. The highest BCUT2D eigenvalue weighted by Gasteiger charge is 2.29. The molecule has 0 aliphatic carbocycles. The van der Waals surface area contributed by atoms with Crippen molar-refractivity contribution in [3.8, 4) is 0 Å². The van der Waals surface area contributed by atoms with Crippen LogP contribution in [0.1, 0.15) is 29.6 Å². The third-order valence-corrected chi connectivity index (χ3v) is 3.78. The van der Waals surface area contributed by atoms with Crippen molar-refractivity contribution < 1.29 is 14.3 Å². The van der Waals surface area contributed by atoms with E-state index in [0.717, 1.165) is 0 Å². The lowest BCUT2D eigenvalue weighted by Gasteiger charge is -2.30. The number of carbonyl (C=O) groups is 2. The Labute approximate surface area is 110 Å². The van der Waals surface area contributed by atoms with Crippen LogP contribution in [-0.4, -0.2) is 41.5 Å². The molecule has 1 amide bonds. The molecule has 2 heterocycles. The van der Waals surface area contributed by atoms with E-state index in [1.165, 1.54) is 11.3 Å². The normalized spacial score (nSPS) is 16.6. The number of hydrogen-bond acceptors (Lipinski definition) is 5. The molecule has 0 bridgehead atoms. The van der Waals surface area contributed by atoms with Crippen molar-refractivity contribution in [3.63, 3.8) is 0 Å². The third-order valence-electron chi connectivity index (χ3n) is 3.02. The Hall–Kier alpha value is -1.43. The zero-order valence-corrected chi connectivity index (χ0v) is 11.1. The summed E-state index contributed by atoms with van der Waals surface area (Å²) in [6, 6.07) is 0. The fourth-order valence-electron chi connectivity index (χ4n) is 2.04. The first kappa shape index (κ1) is 13.0. The molecule has 18 heavy (non-hydrogen) atoms. The topological polar surface area (TPSA) is 59.5 Å². The van der Waals surface area contributed by atoms with E-state index >= 15 is 0 Å². The standard InChI is InChI=1S/C12H16N2O3S/c1-2-17-12(16)9-3-6-14(7-4-9)11(15)10-13-5-8-18-10/h5,8-9H,2-4,6-7H2,1H3. The Bertz CT molecular complexity index is 411. The van der Waals surface area contributed by atoms with Gasteiger partial charge in [0.05, 0.1) is 12.5 Å². The summed E-state index contributed by atoms with van der Waals surface area (Å²) >= 11 is 1.35. The molecule has 1 fully saturated rings. The second kappa shape index (κ2) is 5.95. The Balaban J connectivity index is 1.87. The van der Waals surface area contributed by atoms with Crippen LogP contribution in [0.4, 0.5) is 0 Å². The van der Waals surface area contributed by atoms with Gasteiger partial charge >= 0.3 is 5.97 Å². The van der Waals surface area contributed by atoms with Gasteiger partial charge in [-0.2, -0.15) is 0 Å². The van der Waals surface area contributed by atoms with Gasteiger partial charge in [-0.25, -0.2) is 4.98 Å². The molecule has 1 aliphatic rings. The highest BCUT2D eigenvalue weighted by molar-refractivity contribution is 7.11. The second-order valence-corrected chi connectivity index (χ2v) is 5.05. The van der Waals surface area contributed by atoms with Crippen LogP contribution in [0.2, 0.25) is 0 Å². The number of carbonyl (C=O) groups excluding carboxylic acids is 2. The zero-order chi connectivity index (χ0) is 13.0. The van der Waals surface area contributed by atoms with Crippen LogP contribution in [0.5, 0.6) is 0 Å². The van der Waals surface area contributed by atoms with Crippen molar-refractivity contribution in [2.75, 3.05) is 19.7 Å². The first-order chi connectivity index (χ1) is 8.72. The lowest BCUT2D eigenvalue weighted by atomic mass is 9.97. The van der Waals surface area contributed by atoms with Crippen molar-refractivity contribution in [2.24, 2.45) is 5.92 Å². The molecule has 0 radical (unpaired) electrons. The molecule has 2 rings (SSSR count). The first-order valence-corrected chi connectivity index (χ1v) is 6.95. The van der Waals surface area contributed by atoms with Crippen LogP contribution >= 0.6 is 11.3 Å². The molecular weight excluding hydrogens is 252 g/mol. The summed E-state index contributed by atoms with van der Waals surface area (Å²) in [6.07, 6.45) is 2.98. The molecule has 1 saturated heterocycles. The van der Waals surface area contributed by atoms with E-state index < -0.39 is 0 Å². The molecule has 1 aliphatic heterocycles. The number of likely N-dealkylation sites (tertiary alicyclic amines) is 1. The van der Waals surface area contributed by atoms with Gasteiger partial charge < -0.3 is 9.64 Å². The minimum Gasteiger partial charge on any atom is -0.466 e. The summed E-state index contributed by atoms with van der Waals surface area (Å²) < 4.78 is 5.00. The number of ether oxygens (including phenoxy) is 1. The number of nitrogens with zero attached hydrogens (tertiary/aromatic N) is 2. The summed E-state index contributed by atoms with van der Waals surface area (Å²) in [6.45, 7) is 3.42. The summed E-state index contributed by atoms with van der Waals surface area (Å²) in [4.78, 5) is 29.4. The predicted molar refractivity (Wildman–Crippen MR) is 67.4 cm³/mol. The van der Waals surface area contributed by atoms with E-state index in [4.69, 9.17) is 4.74 Å². The summed E-state index contributed by atoms with van der Waals surface area (Å²) in [5.41, 5.74) is 0. The van der Waals surface area contributed by atoms with Gasteiger partial charge in [-0.15, -0.1) is 11.3 Å². The molecule has 1 aromatic rings. The number of hydrogen-bond donors (Lipinski definition) is 0. The maximum absolute atomic E-state index is 12.0. The molecule has 0 atom stereocenters. The van der Waals surface area contributed by atoms with Gasteiger partial charge in [0.1, 0.15) is 0 Å². The largest absolute Gasteiger partial charge is 0.466 e. The van der Waals surface area contributed by atoms with Gasteiger partial charge in [-0.3, -0.25) is 9.59 Å². The van der Waals surface area contributed by atoms with Gasteiger partial charge in [0, 0.05) is 24.7 Å². The van der Waals surface area contributed by atoms with Crippen LogP contribution in [-0.2, 0) is 9.53 Å². The van der Waals surface area contributed by atoms with Crippen LogP contribution in [0.3, 0.4) is 0 Å². The Morgan fingerprint density at radius 3 is 2.78 bits per heavy atom. The van der Waals surface area contributed by atoms with E-state index in [0.29, 0.717) is 37.5 Å². The van der Waals surface area contributed by atoms with Crippen molar-refractivity contribution in [3.05, 3.63) is 16.6 Å². The number of esters is 1. The van der Waals surface area contributed by atoms with E-state index in [2.05, 4.69) is 4.98 Å². The van der Waals surface area contributed by atoms with E-state index in [9.17, 15) is 9.59 Å². The van der Waals surface area contributed by atoms with Gasteiger partial charge in [0.2, 0.25) is 0 Å². The monoisotopic (exact) mass is 268 g/mol. The van der Waals surface area contributed by atoms with Crippen molar-refractivity contribution in [2.45, 2.75) is 19.8 Å². The number of aromatic nitrogens is 1. The minimum absolute atomic E-state index is 0.0349. The Kier molecular flexibility index (Phi) is 4.30. The lowest BCUT2D eigenvalue weighted by molar-refractivity contribution is -0.149. The first-order valence-electron chi connectivity index (χ1n) is 6.07. The molecule has 0 aromatic carbocycles. The molecule has 5 nitrogen and oxygen atoms in total. The van der Waals surface area contributed by atoms with Gasteiger partial charge in [-0.1, -0.05) is 0 Å². The molecule has 1 aromatic heterocycles. The average molecular weight is 268 g/mol. The highest BCUT2D eigenvalue weighted by Crippen LogP contribution is 2.20. The van der Waals surface area contributed by atoms with Crippen LogP contribution in [0.15, 0.2) is 11.6 Å². The van der Waals surface area contributed by atoms with Crippen LogP contribution in [0.25, 0.3) is 0 Å². The molecule has 0 unspecified atom stereocenters. The average Bonchev–Trinajstić information content (AvgIpc) is 2.92. The molecule has 98 valence electrons. The predicted octanol–water partition coefficient (Wildman–Crippen LogP) is 1.56. The lowest BCUT2D eigenvalue weighted by Crippen LogP contribution is -2.40. The quantitative estimate of drug-likeness (QED) is 0.781. The summed E-state index contributed by atoms with van der Waals surface area (Å²) in [5.74, 6) is -0.239. The van der Waals surface area contributed by atoms with Crippen molar-refractivity contribution >= 4 is 23.2 Å². The molecule has 0 N–H and O–H groups in total.